The van der Waals surface area contributed by atoms with Crippen molar-refractivity contribution >= 4 is 44.3 Å². The molecule has 6 rings (SSSR count). The van der Waals surface area contributed by atoms with E-state index in [0.29, 0.717) is 30.0 Å². The highest BCUT2D eigenvalue weighted by molar-refractivity contribution is 9.11. The van der Waals surface area contributed by atoms with Gasteiger partial charge in [-0.3, -0.25) is 0 Å². The second-order valence-electron chi connectivity index (χ2n) is 9.24. The number of ether oxygens (including phenoxy) is 2. The van der Waals surface area contributed by atoms with Gasteiger partial charge in [0.15, 0.2) is 0 Å². The molecule has 40 heavy (non-hydrogen) atoms. The number of carbonyl (C=O) groups is 1. The van der Waals surface area contributed by atoms with Gasteiger partial charge in [0.05, 0.1) is 44.9 Å². The summed E-state index contributed by atoms with van der Waals surface area (Å²) in [6.45, 7) is 1.28. The van der Waals surface area contributed by atoms with Crippen molar-refractivity contribution in [2.75, 3.05) is 6.61 Å². The zero-order chi connectivity index (χ0) is 27.8. The van der Waals surface area contributed by atoms with Crippen LogP contribution in [0.3, 0.4) is 0 Å². The molecular weight excluding hydrogens is 606 g/mol. The number of hydrogen-bond donors (Lipinski definition) is 1. The maximum Gasteiger partial charge on any atom is 0.335 e. The molecule has 0 radical (unpaired) electrons. The summed E-state index contributed by atoms with van der Waals surface area (Å²) in [6.07, 6.45) is 2.49. The molecule has 12 heteroatoms. The monoisotopic (exact) mass is 626 g/mol. The smallest absolute Gasteiger partial charge is 0.335 e. The highest BCUT2D eigenvalue weighted by Crippen LogP contribution is 2.29. The maximum absolute atomic E-state index is 15.4. The predicted octanol–water partition coefficient (Wildman–Crippen LogP) is 6.25. The topological polar surface area (TPSA) is 99.4 Å². The first-order valence-electron chi connectivity index (χ1n) is 12.4. The minimum Gasteiger partial charge on any atom is -0.478 e. The van der Waals surface area contributed by atoms with Crippen LogP contribution in [-0.4, -0.2) is 43.3 Å². The van der Waals surface area contributed by atoms with Crippen LogP contribution in [-0.2, 0) is 24.3 Å². The number of aromatic nitrogens is 4. The van der Waals surface area contributed by atoms with E-state index < -0.39 is 17.6 Å². The molecule has 0 spiro atoms. The van der Waals surface area contributed by atoms with E-state index in [4.69, 9.17) is 9.47 Å². The lowest BCUT2D eigenvalue weighted by atomic mass is 10.0. The Bertz CT molecular complexity index is 1740. The van der Waals surface area contributed by atoms with Crippen molar-refractivity contribution in [3.05, 3.63) is 92.1 Å². The van der Waals surface area contributed by atoms with Crippen LogP contribution < -0.4 is 4.74 Å². The lowest BCUT2D eigenvalue weighted by Crippen LogP contribution is -2.31. The summed E-state index contributed by atoms with van der Waals surface area (Å²) in [5.41, 5.74) is 1.65. The predicted molar refractivity (Wildman–Crippen MR) is 148 cm³/mol. The number of fused-ring (bicyclic) bond motifs is 1. The largest absolute Gasteiger partial charge is 0.478 e. The van der Waals surface area contributed by atoms with Gasteiger partial charge in [-0.25, -0.2) is 28.5 Å². The molecule has 0 aliphatic carbocycles. The molecule has 204 valence electrons. The van der Waals surface area contributed by atoms with Gasteiger partial charge >= 0.3 is 5.97 Å². The van der Waals surface area contributed by atoms with Crippen molar-refractivity contribution in [3.63, 3.8) is 0 Å². The third-order valence-corrected chi connectivity index (χ3v) is 8.06. The fourth-order valence-corrected chi connectivity index (χ4v) is 5.72. The highest BCUT2D eigenvalue weighted by atomic mass is 79.9. The number of rotatable bonds is 9. The quantitative estimate of drug-likeness (QED) is 0.206. The Hall–Kier alpha value is -3.74. The van der Waals surface area contributed by atoms with Crippen LogP contribution in [0.4, 0.5) is 8.78 Å². The number of halogens is 3. The third kappa shape index (κ3) is 5.47. The van der Waals surface area contributed by atoms with Gasteiger partial charge < -0.3 is 19.1 Å². The molecule has 1 aliphatic rings. The van der Waals surface area contributed by atoms with Crippen LogP contribution in [0.1, 0.15) is 33.2 Å². The summed E-state index contributed by atoms with van der Waals surface area (Å²) in [6, 6.07) is 11.8. The number of benzene rings is 2. The molecular formula is C28H21BrF2N4O4S. The van der Waals surface area contributed by atoms with Gasteiger partial charge in [-0.1, -0.05) is 6.07 Å². The molecule has 5 aromatic rings. The summed E-state index contributed by atoms with van der Waals surface area (Å²) in [5.74, 6) is -1.55. The summed E-state index contributed by atoms with van der Waals surface area (Å²) >= 11 is 4.78. The zero-order valence-electron chi connectivity index (χ0n) is 20.8. The molecule has 2 aromatic carbocycles. The van der Waals surface area contributed by atoms with Crippen molar-refractivity contribution in [1.29, 1.82) is 0 Å². The molecule has 0 amide bonds. The summed E-state index contributed by atoms with van der Waals surface area (Å²) in [5, 5.41) is 10.2. The number of hydrogen-bond acceptors (Lipinski definition) is 7. The normalized spacial score (nSPS) is 14.8. The van der Waals surface area contributed by atoms with Gasteiger partial charge in [0.2, 0.25) is 5.88 Å². The first-order valence-corrected chi connectivity index (χ1v) is 14.0. The average molecular weight is 627 g/mol. The van der Waals surface area contributed by atoms with E-state index in [-0.39, 0.29) is 47.4 Å². The molecule has 3 aromatic heterocycles. The van der Waals surface area contributed by atoms with Crippen molar-refractivity contribution in [2.45, 2.75) is 32.1 Å². The van der Waals surface area contributed by atoms with E-state index in [9.17, 15) is 9.90 Å². The SMILES string of the molecule is O=C(O)c1ccc2nc(Cc3cc(F)c(-c4cccc(OCc5ncc(Br)s5)n4)cc3F)n(C[C@@H]3CCO3)c2c1. The molecule has 1 fully saturated rings. The van der Waals surface area contributed by atoms with Gasteiger partial charge in [-0.05, 0) is 64.3 Å². The fraction of sp³-hybridized carbons (Fsp3) is 0.214. The van der Waals surface area contributed by atoms with Crippen LogP contribution in [0.15, 0.2) is 58.5 Å². The van der Waals surface area contributed by atoms with Gasteiger partial charge in [-0.15, -0.1) is 11.3 Å². The molecule has 0 bridgehead atoms. The molecule has 1 saturated heterocycles. The molecule has 1 atom stereocenters. The highest BCUT2D eigenvalue weighted by Gasteiger charge is 2.23. The van der Waals surface area contributed by atoms with Crippen LogP contribution in [0.25, 0.3) is 22.3 Å². The minimum absolute atomic E-state index is 0.00571. The van der Waals surface area contributed by atoms with E-state index >= 15 is 8.78 Å². The standard InChI is InChI=1S/C28H21BrF2N4O4S/c29-24-12-32-27(40-24)14-39-26-3-1-2-21(34-26)18-11-19(30)16(8-20(18)31)10-25-33-22-5-4-15(28(36)37)9-23(22)35(25)13-17-6-7-38-17/h1-5,8-9,11-12,17H,6-7,10,13-14H2,(H,36,37)/t17-/m0/s1. The Labute approximate surface area is 239 Å². The zero-order valence-corrected chi connectivity index (χ0v) is 23.2. The Morgan fingerprint density at radius 2 is 2.02 bits per heavy atom. The second kappa shape index (κ2) is 11.0. The Morgan fingerprint density at radius 3 is 2.75 bits per heavy atom. The Balaban J connectivity index is 1.28. The molecule has 1 aliphatic heterocycles. The van der Waals surface area contributed by atoms with Crippen LogP contribution in [0.5, 0.6) is 5.88 Å². The molecule has 4 heterocycles. The van der Waals surface area contributed by atoms with Gasteiger partial charge in [0, 0.05) is 24.7 Å². The number of imidazole rings is 1. The number of nitrogens with zero attached hydrogens (tertiary/aromatic N) is 4. The molecule has 1 N–H and O–H groups in total. The molecule has 0 unspecified atom stereocenters. The summed E-state index contributed by atoms with van der Waals surface area (Å²) < 4.78 is 44.7. The minimum atomic E-state index is -1.06. The second-order valence-corrected chi connectivity index (χ2v) is 11.7. The van der Waals surface area contributed by atoms with E-state index in [1.807, 2.05) is 4.57 Å². The van der Waals surface area contributed by atoms with Gasteiger partial charge in [-0.2, -0.15) is 0 Å². The van der Waals surface area contributed by atoms with Crippen molar-refractivity contribution in [3.8, 4) is 17.1 Å². The van der Waals surface area contributed by atoms with E-state index in [0.717, 1.165) is 27.3 Å². The first-order chi connectivity index (χ1) is 19.3. The maximum atomic E-state index is 15.4. The van der Waals surface area contributed by atoms with Crippen LogP contribution in [0.2, 0.25) is 0 Å². The van der Waals surface area contributed by atoms with Crippen molar-refractivity contribution in [1.82, 2.24) is 19.5 Å². The third-order valence-electron chi connectivity index (χ3n) is 6.61. The first kappa shape index (κ1) is 26.5. The molecule has 0 saturated carbocycles. The van der Waals surface area contributed by atoms with Crippen LogP contribution >= 0.6 is 27.3 Å². The number of carboxylic acid groups (broad SMARTS) is 1. The fourth-order valence-electron chi connectivity index (χ4n) is 4.50. The van der Waals surface area contributed by atoms with Gasteiger partial charge in [0.25, 0.3) is 0 Å². The summed E-state index contributed by atoms with van der Waals surface area (Å²) in [7, 11) is 0. The van der Waals surface area contributed by atoms with E-state index in [1.165, 1.54) is 17.4 Å². The lowest BCUT2D eigenvalue weighted by Gasteiger charge is -2.27. The molecule has 8 nitrogen and oxygen atoms in total. The van der Waals surface area contributed by atoms with E-state index in [2.05, 4.69) is 30.9 Å². The lowest BCUT2D eigenvalue weighted by molar-refractivity contribution is -0.0589. The Morgan fingerprint density at radius 1 is 1.18 bits per heavy atom. The number of thiazole rings is 1. The summed E-state index contributed by atoms with van der Waals surface area (Å²) in [4.78, 5) is 24.7. The number of aromatic carboxylic acids is 1. The average Bonchev–Trinajstić information content (AvgIpc) is 3.49. The van der Waals surface area contributed by atoms with Crippen molar-refractivity contribution in [2.24, 2.45) is 0 Å². The van der Waals surface area contributed by atoms with Crippen LogP contribution in [0, 0.1) is 11.6 Å². The number of pyridine rings is 1. The van der Waals surface area contributed by atoms with Gasteiger partial charge in [0.1, 0.15) is 29.1 Å². The van der Waals surface area contributed by atoms with Crippen molar-refractivity contribution < 1.29 is 28.2 Å². The Kier molecular flexibility index (Phi) is 7.30. The number of carboxylic acids is 1. The van der Waals surface area contributed by atoms with E-state index in [1.54, 1.807) is 36.5 Å².